The van der Waals surface area contributed by atoms with Gasteiger partial charge in [-0.3, -0.25) is 14.5 Å². The van der Waals surface area contributed by atoms with E-state index in [1.165, 1.54) is 19.3 Å². The number of amides is 2. The first-order chi connectivity index (χ1) is 9.61. The molecule has 0 radical (unpaired) electrons. The third-order valence-electron chi connectivity index (χ3n) is 3.95. The van der Waals surface area contributed by atoms with Gasteiger partial charge in [-0.15, -0.1) is 0 Å². The largest absolute Gasteiger partial charge is 0.351 e. The molecule has 120 valence electrons. The molecule has 1 unspecified atom stereocenters. The van der Waals surface area contributed by atoms with Crippen LogP contribution in [0.1, 0.15) is 41.0 Å². The second-order valence-electron chi connectivity index (χ2n) is 6.17. The molecule has 0 aliphatic carbocycles. The Morgan fingerprint density at radius 3 is 2.05 bits per heavy atom. The minimum Gasteiger partial charge on any atom is -0.351 e. The Hall–Kier alpha value is -1.24. The lowest BCUT2D eigenvalue weighted by molar-refractivity contribution is -0.459. The number of imide groups is 1. The standard InChI is InChI=1S/C15H25NO5/c1-11(2)14(3,4)20-21-15(5,19-6)9-10-16-12(17)7-8-13(16)18/h7-8,11H,9-10H2,1-6H3. The van der Waals surface area contributed by atoms with Gasteiger partial charge < -0.3 is 4.74 Å². The highest BCUT2D eigenvalue weighted by Gasteiger charge is 2.34. The lowest BCUT2D eigenvalue weighted by Gasteiger charge is -2.34. The summed E-state index contributed by atoms with van der Waals surface area (Å²) in [7, 11) is 1.50. The van der Waals surface area contributed by atoms with Crippen LogP contribution in [-0.4, -0.2) is 41.8 Å². The first-order valence-electron chi connectivity index (χ1n) is 7.07. The van der Waals surface area contributed by atoms with Gasteiger partial charge in [-0.1, -0.05) is 13.8 Å². The fourth-order valence-corrected chi connectivity index (χ4v) is 1.44. The molecule has 0 saturated heterocycles. The van der Waals surface area contributed by atoms with E-state index in [1.807, 2.05) is 27.7 Å². The molecule has 0 aromatic heterocycles. The number of methoxy groups -OCH3 is 1. The van der Waals surface area contributed by atoms with Crippen LogP contribution in [0.15, 0.2) is 12.2 Å². The molecule has 1 aliphatic rings. The van der Waals surface area contributed by atoms with Crippen molar-refractivity contribution in [1.82, 2.24) is 4.90 Å². The number of nitrogens with zero attached hydrogens (tertiary/aromatic N) is 1. The maximum Gasteiger partial charge on any atom is 0.253 e. The van der Waals surface area contributed by atoms with Crippen LogP contribution >= 0.6 is 0 Å². The van der Waals surface area contributed by atoms with Gasteiger partial charge in [-0.25, -0.2) is 9.78 Å². The van der Waals surface area contributed by atoms with Crippen LogP contribution in [0.2, 0.25) is 0 Å². The SMILES string of the molecule is COC(C)(CCN1C(=O)C=CC1=O)OOC(C)(C)C(C)C. The Morgan fingerprint density at radius 2 is 1.62 bits per heavy atom. The van der Waals surface area contributed by atoms with Crippen molar-refractivity contribution >= 4 is 11.8 Å². The first-order valence-corrected chi connectivity index (χ1v) is 7.07. The van der Waals surface area contributed by atoms with Crippen LogP contribution in [0.4, 0.5) is 0 Å². The van der Waals surface area contributed by atoms with Crippen molar-refractivity contribution in [3.63, 3.8) is 0 Å². The zero-order valence-corrected chi connectivity index (χ0v) is 13.6. The van der Waals surface area contributed by atoms with Crippen molar-refractivity contribution in [3.8, 4) is 0 Å². The monoisotopic (exact) mass is 299 g/mol. The molecule has 0 aromatic carbocycles. The lowest BCUT2D eigenvalue weighted by atomic mass is 9.95. The molecule has 0 bridgehead atoms. The van der Waals surface area contributed by atoms with Gasteiger partial charge >= 0.3 is 0 Å². The van der Waals surface area contributed by atoms with Crippen LogP contribution in [0.25, 0.3) is 0 Å². The highest BCUT2D eigenvalue weighted by molar-refractivity contribution is 6.12. The molecule has 0 saturated carbocycles. The fraction of sp³-hybridized carbons (Fsp3) is 0.733. The Balaban J connectivity index is 2.56. The van der Waals surface area contributed by atoms with E-state index in [4.69, 9.17) is 14.5 Å². The van der Waals surface area contributed by atoms with Gasteiger partial charge in [-0.2, -0.15) is 0 Å². The van der Waals surface area contributed by atoms with Crippen LogP contribution < -0.4 is 0 Å². The van der Waals surface area contributed by atoms with Gasteiger partial charge in [0.2, 0.25) is 0 Å². The average molecular weight is 299 g/mol. The molecule has 1 atom stereocenters. The van der Waals surface area contributed by atoms with Crippen LogP contribution in [-0.2, 0) is 24.1 Å². The molecule has 21 heavy (non-hydrogen) atoms. The van der Waals surface area contributed by atoms with Crippen LogP contribution in [0, 0.1) is 5.92 Å². The summed E-state index contributed by atoms with van der Waals surface area (Å²) in [5.41, 5.74) is -0.472. The number of ether oxygens (including phenoxy) is 1. The highest BCUT2D eigenvalue weighted by Crippen LogP contribution is 2.26. The lowest BCUT2D eigenvalue weighted by Crippen LogP contribution is -2.42. The number of carbonyl (C=O) groups is 2. The predicted molar refractivity (Wildman–Crippen MR) is 77.0 cm³/mol. The molecule has 0 N–H and O–H groups in total. The third kappa shape index (κ3) is 4.62. The first kappa shape index (κ1) is 17.8. The fourth-order valence-electron chi connectivity index (χ4n) is 1.44. The van der Waals surface area contributed by atoms with E-state index < -0.39 is 11.4 Å². The summed E-state index contributed by atoms with van der Waals surface area (Å²) in [6.07, 6.45) is 2.83. The van der Waals surface area contributed by atoms with E-state index in [2.05, 4.69) is 0 Å². The smallest absolute Gasteiger partial charge is 0.253 e. The zero-order chi connectivity index (χ0) is 16.3. The van der Waals surface area contributed by atoms with Gasteiger partial charge in [0.25, 0.3) is 11.8 Å². The summed E-state index contributed by atoms with van der Waals surface area (Å²) in [5, 5.41) is 0. The number of carbonyl (C=O) groups excluding carboxylic acids is 2. The molecule has 1 heterocycles. The Kier molecular flexibility index (Phi) is 5.67. The van der Waals surface area contributed by atoms with Gasteiger partial charge in [0.05, 0.1) is 0 Å². The number of hydrogen-bond donors (Lipinski definition) is 0. The quantitative estimate of drug-likeness (QED) is 0.297. The average Bonchev–Trinajstić information content (AvgIpc) is 2.73. The van der Waals surface area contributed by atoms with Gasteiger partial charge in [0.15, 0.2) is 5.79 Å². The molecule has 0 fully saturated rings. The van der Waals surface area contributed by atoms with Gasteiger partial charge in [0, 0.05) is 32.2 Å². The van der Waals surface area contributed by atoms with Crippen LogP contribution in [0.3, 0.4) is 0 Å². The summed E-state index contributed by atoms with van der Waals surface area (Å²) >= 11 is 0. The maximum atomic E-state index is 11.5. The van der Waals surface area contributed by atoms with Crippen molar-refractivity contribution in [2.24, 2.45) is 5.92 Å². The maximum absolute atomic E-state index is 11.5. The summed E-state index contributed by atoms with van der Waals surface area (Å²) in [6.45, 7) is 9.82. The minimum absolute atomic E-state index is 0.209. The molecule has 0 aromatic rings. The molecule has 6 nitrogen and oxygen atoms in total. The van der Waals surface area contributed by atoms with Crippen molar-refractivity contribution in [1.29, 1.82) is 0 Å². The number of hydrogen-bond acceptors (Lipinski definition) is 5. The summed E-state index contributed by atoms with van der Waals surface area (Å²) < 4.78 is 5.33. The van der Waals surface area contributed by atoms with Crippen molar-refractivity contribution in [3.05, 3.63) is 12.2 Å². The van der Waals surface area contributed by atoms with E-state index in [9.17, 15) is 9.59 Å². The summed E-state index contributed by atoms with van der Waals surface area (Å²) in [6, 6.07) is 0. The molecule has 0 spiro atoms. The highest BCUT2D eigenvalue weighted by atomic mass is 17.2. The second-order valence-corrected chi connectivity index (χ2v) is 6.17. The molecule has 1 aliphatic heterocycles. The van der Waals surface area contributed by atoms with Gasteiger partial charge in [-0.05, 0) is 26.7 Å². The van der Waals surface area contributed by atoms with E-state index >= 15 is 0 Å². The summed E-state index contributed by atoms with van der Waals surface area (Å²) in [4.78, 5) is 35.1. The van der Waals surface area contributed by atoms with E-state index in [1.54, 1.807) is 6.92 Å². The second kappa shape index (κ2) is 6.68. The minimum atomic E-state index is -1.03. The molecule has 1 rings (SSSR count). The van der Waals surface area contributed by atoms with E-state index in [0.717, 1.165) is 4.90 Å². The predicted octanol–water partition coefficient (Wildman–Crippen LogP) is 2.05. The Labute approximate surface area is 126 Å². The summed E-state index contributed by atoms with van der Waals surface area (Å²) in [5.74, 6) is -1.41. The van der Waals surface area contributed by atoms with Crippen LogP contribution in [0.5, 0.6) is 0 Å². The molecule has 6 heteroatoms. The Bertz CT molecular complexity index is 412. The van der Waals surface area contributed by atoms with Crippen molar-refractivity contribution in [2.75, 3.05) is 13.7 Å². The zero-order valence-electron chi connectivity index (χ0n) is 13.6. The molecule has 2 amide bonds. The van der Waals surface area contributed by atoms with Gasteiger partial charge in [0.1, 0.15) is 5.60 Å². The van der Waals surface area contributed by atoms with Crippen molar-refractivity contribution in [2.45, 2.75) is 52.4 Å². The van der Waals surface area contributed by atoms with Crippen molar-refractivity contribution < 1.29 is 24.1 Å². The molecular formula is C15H25NO5. The Morgan fingerprint density at radius 1 is 1.10 bits per heavy atom. The van der Waals surface area contributed by atoms with E-state index in [-0.39, 0.29) is 24.3 Å². The van der Waals surface area contributed by atoms with E-state index in [0.29, 0.717) is 6.42 Å². The normalized spacial score (nSPS) is 18.7. The topological polar surface area (TPSA) is 65.1 Å². The number of rotatable bonds is 8. The molecular weight excluding hydrogens is 274 g/mol. The third-order valence-corrected chi connectivity index (χ3v) is 3.95.